The topological polar surface area (TPSA) is 88.5 Å². The van der Waals surface area contributed by atoms with Crippen LogP contribution in [0.4, 0.5) is 5.69 Å². The summed E-state index contributed by atoms with van der Waals surface area (Å²) in [5, 5.41) is 14.4. The van der Waals surface area contributed by atoms with E-state index < -0.39 is 11.8 Å². The largest absolute Gasteiger partial charge is 0.346 e. The summed E-state index contributed by atoms with van der Waals surface area (Å²) in [4.78, 5) is 29.4. The normalized spacial score (nSPS) is 15.8. The van der Waals surface area contributed by atoms with Crippen LogP contribution in [0, 0.1) is 18.3 Å². The molecular weight excluding hydrogens is 378 g/mol. The summed E-state index contributed by atoms with van der Waals surface area (Å²) in [6, 6.07) is 16.9. The second-order valence-corrected chi connectivity index (χ2v) is 7.59. The molecule has 7 nitrogen and oxygen atoms in total. The number of anilines is 1. The van der Waals surface area contributed by atoms with E-state index in [0.29, 0.717) is 17.8 Å². The number of benzene rings is 2. The minimum Gasteiger partial charge on any atom is -0.346 e. The van der Waals surface area contributed by atoms with Crippen molar-refractivity contribution >= 4 is 17.5 Å². The number of carbonyl (C=O) groups is 2. The third-order valence-corrected chi connectivity index (χ3v) is 5.40. The van der Waals surface area contributed by atoms with Gasteiger partial charge in [0, 0.05) is 32.7 Å². The highest BCUT2D eigenvalue weighted by molar-refractivity contribution is 6.39. The van der Waals surface area contributed by atoms with E-state index >= 15 is 0 Å². The SMILES string of the molecule is Cc1ccc([C@@H](CNC(=O)C(=O)Nc2ccccc2C#N)N2CCN(C)CC2)cc1. The lowest BCUT2D eigenvalue weighted by atomic mass is 10.0. The highest BCUT2D eigenvalue weighted by atomic mass is 16.2. The van der Waals surface area contributed by atoms with Crippen molar-refractivity contribution in [3.05, 3.63) is 65.2 Å². The summed E-state index contributed by atoms with van der Waals surface area (Å²) in [5.74, 6) is -1.49. The van der Waals surface area contributed by atoms with Crippen molar-refractivity contribution in [3.63, 3.8) is 0 Å². The van der Waals surface area contributed by atoms with Crippen molar-refractivity contribution in [2.75, 3.05) is 45.1 Å². The molecule has 0 aliphatic carbocycles. The fourth-order valence-electron chi connectivity index (χ4n) is 3.52. The molecule has 1 atom stereocenters. The molecule has 1 saturated heterocycles. The lowest BCUT2D eigenvalue weighted by Gasteiger charge is -2.38. The minimum atomic E-state index is -0.779. The second kappa shape index (κ2) is 10.0. The zero-order valence-electron chi connectivity index (χ0n) is 17.4. The predicted octanol–water partition coefficient (Wildman–Crippen LogP) is 1.91. The average Bonchev–Trinajstić information content (AvgIpc) is 2.76. The smallest absolute Gasteiger partial charge is 0.313 e. The monoisotopic (exact) mass is 405 g/mol. The van der Waals surface area contributed by atoms with Gasteiger partial charge in [0.15, 0.2) is 0 Å². The molecule has 1 aliphatic heterocycles. The van der Waals surface area contributed by atoms with Gasteiger partial charge in [-0.05, 0) is 31.7 Å². The standard InChI is InChI=1S/C23H27N5O2/c1-17-7-9-18(10-8-17)21(28-13-11-27(2)12-14-28)16-25-22(29)23(30)26-20-6-4-3-5-19(20)15-24/h3-10,21H,11-14,16H2,1-2H3,(H,25,29)(H,26,30)/t21-/m1/s1. The molecule has 0 bridgehead atoms. The van der Waals surface area contributed by atoms with E-state index in [1.54, 1.807) is 24.3 Å². The Kier molecular flexibility index (Phi) is 7.17. The third-order valence-electron chi connectivity index (χ3n) is 5.40. The van der Waals surface area contributed by atoms with Crippen molar-refractivity contribution in [1.82, 2.24) is 15.1 Å². The molecule has 2 amide bonds. The number of likely N-dealkylation sites (N-methyl/N-ethyl adjacent to an activating group) is 1. The summed E-state index contributed by atoms with van der Waals surface area (Å²) >= 11 is 0. The van der Waals surface area contributed by atoms with Crippen molar-refractivity contribution in [2.45, 2.75) is 13.0 Å². The molecule has 2 N–H and O–H groups in total. The summed E-state index contributed by atoms with van der Waals surface area (Å²) in [7, 11) is 2.10. The van der Waals surface area contributed by atoms with Crippen molar-refractivity contribution < 1.29 is 9.59 Å². The molecule has 0 unspecified atom stereocenters. The maximum atomic E-state index is 12.4. The van der Waals surface area contributed by atoms with Gasteiger partial charge < -0.3 is 15.5 Å². The van der Waals surface area contributed by atoms with E-state index in [2.05, 4.69) is 51.7 Å². The number of para-hydroxylation sites is 1. The van der Waals surface area contributed by atoms with Gasteiger partial charge in [-0.1, -0.05) is 42.0 Å². The van der Waals surface area contributed by atoms with E-state index in [0.717, 1.165) is 31.7 Å². The van der Waals surface area contributed by atoms with Gasteiger partial charge in [0.1, 0.15) is 6.07 Å². The molecule has 2 aromatic carbocycles. The zero-order chi connectivity index (χ0) is 21.5. The molecule has 1 aliphatic rings. The summed E-state index contributed by atoms with van der Waals surface area (Å²) < 4.78 is 0. The molecule has 0 saturated carbocycles. The Morgan fingerprint density at radius 1 is 1.03 bits per heavy atom. The van der Waals surface area contributed by atoms with Gasteiger partial charge in [0.05, 0.1) is 17.3 Å². The molecule has 1 heterocycles. The fourth-order valence-corrected chi connectivity index (χ4v) is 3.52. The molecule has 7 heteroatoms. The Morgan fingerprint density at radius 2 is 1.70 bits per heavy atom. The first-order chi connectivity index (χ1) is 14.5. The van der Waals surface area contributed by atoms with Gasteiger partial charge in [-0.15, -0.1) is 0 Å². The molecule has 2 aromatic rings. The van der Waals surface area contributed by atoms with Crippen molar-refractivity contribution in [3.8, 4) is 6.07 Å². The molecule has 1 fully saturated rings. The number of aryl methyl sites for hydroxylation is 1. The molecule has 0 aromatic heterocycles. The number of nitrogens with one attached hydrogen (secondary N) is 2. The molecule has 30 heavy (non-hydrogen) atoms. The van der Waals surface area contributed by atoms with Gasteiger partial charge >= 0.3 is 11.8 Å². The number of nitriles is 1. The first kappa shape index (κ1) is 21.5. The van der Waals surface area contributed by atoms with Crippen LogP contribution in [0.2, 0.25) is 0 Å². The summed E-state index contributed by atoms with van der Waals surface area (Å²) in [6.45, 7) is 6.08. The van der Waals surface area contributed by atoms with Gasteiger partial charge in [-0.25, -0.2) is 0 Å². The van der Waals surface area contributed by atoms with Crippen LogP contribution in [0.25, 0.3) is 0 Å². The Morgan fingerprint density at radius 3 is 2.37 bits per heavy atom. The van der Waals surface area contributed by atoms with E-state index in [9.17, 15) is 9.59 Å². The van der Waals surface area contributed by atoms with Crippen molar-refractivity contribution in [1.29, 1.82) is 5.26 Å². The summed E-state index contributed by atoms with van der Waals surface area (Å²) in [5.41, 5.74) is 2.93. The van der Waals surface area contributed by atoms with Gasteiger partial charge in [0.2, 0.25) is 0 Å². The molecule has 0 spiro atoms. The average molecular weight is 406 g/mol. The van der Waals surface area contributed by atoms with Crippen LogP contribution >= 0.6 is 0 Å². The van der Waals surface area contributed by atoms with Gasteiger partial charge in [-0.3, -0.25) is 14.5 Å². The van der Waals surface area contributed by atoms with Gasteiger partial charge in [-0.2, -0.15) is 5.26 Å². The van der Waals surface area contributed by atoms with E-state index in [-0.39, 0.29) is 6.04 Å². The highest BCUT2D eigenvalue weighted by Gasteiger charge is 2.25. The van der Waals surface area contributed by atoms with Crippen molar-refractivity contribution in [2.24, 2.45) is 0 Å². The van der Waals surface area contributed by atoms with Crippen LogP contribution in [-0.4, -0.2) is 61.4 Å². The van der Waals surface area contributed by atoms with Gasteiger partial charge in [0.25, 0.3) is 0 Å². The molecule has 156 valence electrons. The Hall–Kier alpha value is -3.21. The number of nitrogens with zero attached hydrogens (tertiary/aromatic N) is 3. The number of rotatable bonds is 5. The number of piperazine rings is 1. The van der Waals surface area contributed by atoms with Crippen LogP contribution in [-0.2, 0) is 9.59 Å². The van der Waals surface area contributed by atoms with Crippen LogP contribution < -0.4 is 10.6 Å². The second-order valence-electron chi connectivity index (χ2n) is 7.59. The first-order valence-corrected chi connectivity index (χ1v) is 10.1. The third kappa shape index (κ3) is 5.44. The Labute approximate surface area is 177 Å². The highest BCUT2D eigenvalue weighted by Crippen LogP contribution is 2.22. The zero-order valence-corrected chi connectivity index (χ0v) is 17.4. The van der Waals surface area contributed by atoms with Crippen LogP contribution in [0.15, 0.2) is 48.5 Å². The fraction of sp³-hybridized carbons (Fsp3) is 0.348. The van der Waals surface area contributed by atoms with Crippen LogP contribution in [0.3, 0.4) is 0 Å². The van der Waals surface area contributed by atoms with Crippen LogP contribution in [0.5, 0.6) is 0 Å². The lowest BCUT2D eigenvalue weighted by molar-refractivity contribution is -0.136. The Bertz CT molecular complexity index is 927. The molecule has 3 rings (SSSR count). The predicted molar refractivity (Wildman–Crippen MR) is 116 cm³/mol. The number of amides is 2. The molecular formula is C23H27N5O2. The minimum absolute atomic E-state index is 0.0116. The number of carbonyl (C=O) groups excluding carboxylic acids is 2. The van der Waals surface area contributed by atoms with Crippen LogP contribution in [0.1, 0.15) is 22.7 Å². The van der Waals surface area contributed by atoms with E-state index in [1.165, 1.54) is 5.56 Å². The maximum Gasteiger partial charge on any atom is 0.313 e. The summed E-state index contributed by atoms with van der Waals surface area (Å²) in [6.07, 6.45) is 0. The Balaban J connectivity index is 1.67. The number of hydrogen-bond acceptors (Lipinski definition) is 5. The number of hydrogen-bond donors (Lipinski definition) is 2. The quantitative estimate of drug-likeness (QED) is 0.742. The first-order valence-electron chi connectivity index (χ1n) is 10.1. The molecule has 0 radical (unpaired) electrons. The van der Waals surface area contributed by atoms with E-state index in [1.807, 2.05) is 13.0 Å². The maximum absolute atomic E-state index is 12.4. The van der Waals surface area contributed by atoms with E-state index in [4.69, 9.17) is 5.26 Å². The lowest BCUT2D eigenvalue weighted by Crippen LogP contribution is -2.49.